The van der Waals surface area contributed by atoms with Crippen molar-refractivity contribution < 1.29 is 19.1 Å². The van der Waals surface area contributed by atoms with Gasteiger partial charge in [0.05, 0.1) is 10.7 Å². The minimum atomic E-state index is -0.354. The Kier molecular flexibility index (Phi) is 6.63. The van der Waals surface area contributed by atoms with Crippen LogP contribution < -0.4 is 25.8 Å². The number of rotatable bonds is 6. The van der Waals surface area contributed by atoms with Crippen molar-refractivity contribution in [3.05, 3.63) is 52.5 Å². The van der Waals surface area contributed by atoms with Crippen LogP contribution in [0.5, 0.6) is 11.5 Å². The van der Waals surface area contributed by atoms with E-state index in [1.807, 2.05) is 0 Å². The highest BCUT2D eigenvalue weighted by Crippen LogP contribution is 2.33. The van der Waals surface area contributed by atoms with E-state index in [4.69, 9.17) is 26.8 Å². The van der Waals surface area contributed by atoms with Crippen LogP contribution in [-0.2, 0) is 0 Å². The molecule has 0 spiro atoms. The van der Waals surface area contributed by atoms with Crippen LogP contribution in [0.4, 0.5) is 5.69 Å². The van der Waals surface area contributed by atoms with E-state index < -0.39 is 0 Å². The maximum Gasteiger partial charge on any atom is 0.255 e. The molecule has 2 aromatic rings. The minimum Gasteiger partial charge on any atom is -0.454 e. The number of anilines is 1. The van der Waals surface area contributed by atoms with E-state index in [1.165, 1.54) is 6.42 Å². The number of carbonyl (C=O) groups is 2. The van der Waals surface area contributed by atoms with Crippen LogP contribution in [0.3, 0.4) is 0 Å². The highest BCUT2D eigenvalue weighted by molar-refractivity contribution is 6.34. The van der Waals surface area contributed by atoms with Gasteiger partial charge < -0.3 is 25.8 Å². The molecule has 7 nitrogen and oxygen atoms in total. The molecular weight excluding hydrogens is 418 g/mol. The number of hydrogen-bond donors (Lipinski definition) is 3. The molecule has 2 atom stereocenters. The van der Waals surface area contributed by atoms with E-state index in [0.717, 1.165) is 19.3 Å². The third kappa shape index (κ3) is 5.11. The van der Waals surface area contributed by atoms with Crippen LogP contribution in [0.15, 0.2) is 36.4 Å². The summed E-state index contributed by atoms with van der Waals surface area (Å²) in [6.07, 6.45) is 4.48. The highest BCUT2D eigenvalue weighted by atomic mass is 35.5. The van der Waals surface area contributed by atoms with E-state index >= 15 is 0 Å². The molecule has 31 heavy (non-hydrogen) atoms. The van der Waals surface area contributed by atoms with Crippen molar-refractivity contribution in [2.24, 2.45) is 17.6 Å². The van der Waals surface area contributed by atoms with Gasteiger partial charge in [-0.25, -0.2) is 0 Å². The van der Waals surface area contributed by atoms with Crippen LogP contribution >= 0.6 is 11.6 Å². The fourth-order valence-corrected chi connectivity index (χ4v) is 4.30. The van der Waals surface area contributed by atoms with E-state index in [1.54, 1.807) is 36.4 Å². The predicted molar refractivity (Wildman–Crippen MR) is 119 cm³/mol. The summed E-state index contributed by atoms with van der Waals surface area (Å²) < 4.78 is 10.6. The van der Waals surface area contributed by atoms with E-state index in [2.05, 4.69) is 10.6 Å². The first-order valence-corrected chi connectivity index (χ1v) is 10.9. The summed E-state index contributed by atoms with van der Waals surface area (Å²) in [6, 6.07) is 9.79. The molecule has 8 heteroatoms. The number of carbonyl (C=O) groups excluding carboxylic acids is 2. The molecule has 1 saturated carbocycles. The number of hydrogen-bond acceptors (Lipinski definition) is 5. The maximum atomic E-state index is 12.7. The Bertz CT molecular complexity index is 981. The van der Waals surface area contributed by atoms with Crippen molar-refractivity contribution in [3.63, 3.8) is 0 Å². The fourth-order valence-electron chi connectivity index (χ4n) is 4.14. The number of amides is 2. The molecule has 0 bridgehead atoms. The Morgan fingerprint density at radius 3 is 2.58 bits per heavy atom. The molecule has 4 N–H and O–H groups in total. The summed E-state index contributed by atoms with van der Waals surface area (Å²) in [4.78, 5) is 25.3. The first-order chi connectivity index (χ1) is 15.0. The standard InChI is InChI=1S/C23H26ClN3O4/c24-18-6-4-16(22(28)26-12-15-3-1-2-14(8-15)11-25)9-19(18)27-23(29)17-5-7-20-21(10-17)31-13-30-20/h4-7,9-10,14-15H,1-3,8,11-13,25H2,(H,26,28)(H,27,29). The van der Waals surface area contributed by atoms with Gasteiger partial charge in [-0.2, -0.15) is 0 Å². The average molecular weight is 444 g/mol. The Morgan fingerprint density at radius 1 is 1.00 bits per heavy atom. The first kappa shape index (κ1) is 21.5. The van der Waals surface area contributed by atoms with Gasteiger partial charge in [0.15, 0.2) is 11.5 Å². The lowest BCUT2D eigenvalue weighted by Gasteiger charge is -2.28. The molecule has 1 aliphatic carbocycles. The van der Waals surface area contributed by atoms with Crippen LogP contribution in [0.1, 0.15) is 46.4 Å². The minimum absolute atomic E-state index is 0.136. The molecule has 0 radical (unpaired) electrons. The lowest BCUT2D eigenvalue weighted by Crippen LogP contribution is -2.33. The quantitative estimate of drug-likeness (QED) is 0.629. The van der Waals surface area contributed by atoms with Crippen molar-refractivity contribution in [3.8, 4) is 11.5 Å². The summed E-state index contributed by atoms with van der Waals surface area (Å²) >= 11 is 6.25. The zero-order valence-electron chi connectivity index (χ0n) is 17.2. The van der Waals surface area contributed by atoms with Crippen LogP contribution in [0.25, 0.3) is 0 Å². The van der Waals surface area contributed by atoms with Gasteiger partial charge >= 0.3 is 0 Å². The van der Waals surface area contributed by atoms with Gasteiger partial charge in [0.25, 0.3) is 11.8 Å². The first-order valence-electron chi connectivity index (χ1n) is 10.5. The van der Waals surface area contributed by atoms with Crippen molar-refractivity contribution >= 4 is 29.1 Å². The van der Waals surface area contributed by atoms with Gasteiger partial charge in [0.1, 0.15) is 0 Å². The van der Waals surface area contributed by atoms with Crippen molar-refractivity contribution in [1.29, 1.82) is 0 Å². The molecule has 1 aliphatic heterocycles. The summed E-state index contributed by atoms with van der Waals surface area (Å²) in [6.45, 7) is 1.46. The normalized spacial score (nSPS) is 19.7. The molecular formula is C23H26ClN3O4. The van der Waals surface area contributed by atoms with Gasteiger partial charge in [0.2, 0.25) is 6.79 Å². The molecule has 2 aromatic carbocycles. The monoisotopic (exact) mass is 443 g/mol. The molecule has 1 heterocycles. The lowest BCUT2D eigenvalue weighted by molar-refractivity contribution is 0.0939. The number of nitrogens with one attached hydrogen (secondary N) is 2. The predicted octanol–water partition coefficient (Wildman–Crippen LogP) is 3.82. The maximum absolute atomic E-state index is 12.7. The Hall–Kier alpha value is -2.77. The summed E-state index contributed by atoms with van der Waals surface area (Å²) in [5.41, 5.74) is 7.02. The number of nitrogens with two attached hydrogens (primary N) is 1. The second kappa shape index (κ2) is 9.58. The fraction of sp³-hybridized carbons (Fsp3) is 0.391. The van der Waals surface area contributed by atoms with Gasteiger partial charge in [0, 0.05) is 17.7 Å². The van der Waals surface area contributed by atoms with E-state index in [9.17, 15) is 9.59 Å². The summed E-state index contributed by atoms with van der Waals surface area (Å²) in [5.74, 6) is 1.57. The number of benzene rings is 2. The Morgan fingerprint density at radius 2 is 1.74 bits per heavy atom. The molecule has 164 valence electrons. The molecule has 2 amide bonds. The van der Waals surface area contributed by atoms with Crippen LogP contribution in [0, 0.1) is 11.8 Å². The second-order valence-electron chi connectivity index (χ2n) is 8.06. The molecule has 2 unspecified atom stereocenters. The van der Waals surface area contributed by atoms with Gasteiger partial charge in [-0.1, -0.05) is 18.0 Å². The molecule has 1 fully saturated rings. The van der Waals surface area contributed by atoms with Crippen molar-refractivity contribution in [2.75, 3.05) is 25.2 Å². The summed E-state index contributed by atoms with van der Waals surface area (Å²) in [7, 11) is 0. The third-order valence-electron chi connectivity index (χ3n) is 5.89. The zero-order valence-corrected chi connectivity index (χ0v) is 17.9. The second-order valence-corrected chi connectivity index (χ2v) is 8.47. The Balaban J connectivity index is 1.39. The SMILES string of the molecule is NCC1CCCC(CNC(=O)c2ccc(Cl)c(NC(=O)c3ccc4c(c3)OCO4)c2)C1. The molecule has 2 aliphatic rings. The van der Waals surface area contributed by atoms with E-state index in [-0.39, 0.29) is 18.6 Å². The topological polar surface area (TPSA) is 103 Å². The zero-order chi connectivity index (χ0) is 21.8. The molecule has 4 rings (SSSR count). The number of fused-ring (bicyclic) bond motifs is 1. The number of halogens is 1. The van der Waals surface area contributed by atoms with Crippen LogP contribution in [0.2, 0.25) is 5.02 Å². The lowest BCUT2D eigenvalue weighted by atomic mass is 9.81. The third-order valence-corrected chi connectivity index (χ3v) is 6.22. The molecule has 0 aromatic heterocycles. The number of ether oxygens (including phenoxy) is 2. The van der Waals surface area contributed by atoms with Crippen molar-refractivity contribution in [1.82, 2.24) is 5.32 Å². The smallest absolute Gasteiger partial charge is 0.255 e. The highest BCUT2D eigenvalue weighted by Gasteiger charge is 2.22. The Labute approximate surface area is 186 Å². The molecule has 0 saturated heterocycles. The average Bonchev–Trinajstić information content (AvgIpc) is 3.27. The van der Waals surface area contributed by atoms with Crippen LogP contribution in [-0.4, -0.2) is 31.7 Å². The van der Waals surface area contributed by atoms with Gasteiger partial charge in [-0.05, 0) is 74.0 Å². The largest absolute Gasteiger partial charge is 0.454 e. The van der Waals surface area contributed by atoms with Gasteiger partial charge in [-0.15, -0.1) is 0 Å². The summed E-state index contributed by atoms with van der Waals surface area (Å²) in [5, 5.41) is 6.13. The van der Waals surface area contributed by atoms with Crippen molar-refractivity contribution in [2.45, 2.75) is 25.7 Å². The van der Waals surface area contributed by atoms with E-state index in [0.29, 0.717) is 58.3 Å². The van der Waals surface area contributed by atoms with Gasteiger partial charge in [-0.3, -0.25) is 9.59 Å².